The first-order valence-corrected chi connectivity index (χ1v) is 5.05. The van der Waals surface area contributed by atoms with Gasteiger partial charge in [0.2, 0.25) is 0 Å². The molecule has 0 saturated heterocycles. The van der Waals surface area contributed by atoms with E-state index >= 15 is 0 Å². The fraction of sp³-hybridized carbons (Fsp3) is 0.333. The Morgan fingerprint density at radius 1 is 1.16 bits per heavy atom. The summed E-state index contributed by atoms with van der Waals surface area (Å²) < 4.78 is 0. The second kappa shape index (κ2) is 9.29. The second-order valence-electron chi connectivity index (χ2n) is 4.35. The number of aromatic carboxylic acids is 1. The van der Waals surface area contributed by atoms with E-state index in [0.717, 1.165) is 0 Å². The zero-order valence-electron chi connectivity index (χ0n) is 11.9. The Kier molecular flexibility index (Phi) is 11.0. The number of nitrogens with one attached hydrogen (secondary N) is 1. The third-order valence-electron chi connectivity index (χ3n) is 2.41. The van der Waals surface area contributed by atoms with E-state index in [4.69, 9.17) is 0 Å². The number of carboxylic acids is 2. The van der Waals surface area contributed by atoms with E-state index in [1.807, 2.05) is 0 Å². The van der Waals surface area contributed by atoms with E-state index in [1.165, 1.54) is 26.0 Å². The third kappa shape index (κ3) is 6.68. The van der Waals surface area contributed by atoms with Crippen LogP contribution in [0.3, 0.4) is 0 Å². The van der Waals surface area contributed by atoms with Gasteiger partial charge >= 0.3 is 103 Å². The maximum atomic E-state index is 10.8. The van der Waals surface area contributed by atoms with Gasteiger partial charge in [0.15, 0.2) is 0 Å². The van der Waals surface area contributed by atoms with Crippen molar-refractivity contribution in [3.63, 3.8) is 0 Å². The largest absolute Gasteiger partial charge is 1.00 e. The number of benzene rings is 1. The van der Waals surface area contributed by atoms with Crippen molar-refractivity contribution in [3.05, 3.63) is 29.3 Å². The summed E-state index contributed by atoms with van der Waals surface area (Å²) in [5, 5.41) is 24.2. The Labute approximate surface area is 197 Å². The molecule has 1 aromatic rings. The average molecular weight is 313 g/mol. The van der Waals surface area contributed by atoms with Crippen molar-refractivity contribution in [1.29, 1.82) is 0 Å². The molecule has 0 aliphatic carbocycles. The summed E-state index contributed by atoms with van der Waals surface area (Å²) in [4.78, 5) is 21.5. The van der Waals surface area contributed by atoms with Crippen LogP contribution in [0, 0.1) is 6.92 Å². The molecular formula is C12H13K2NO4. The van der Waals surface area contributed by atoms with Crippen molar-refractivity contribution in [2.75, 3.05) is 5.32 Å². The number of aliphatic carboxylic acids is 1. The van der Waals surface area contributed by atoms with Crippen LogP contribution in [0.15, 0.2) is 18.2 Å². The number of carbonyl (C=O) groups excluding carboxylic acids is 2. The molecule has 0 amide bonds. The van der Waals surface area contributed by atoms with Gasteiger partial charge in [0.05, 0.1) is 17.5 Å². The summed E-state index contributed by atoms with van der Waals surface area (Å²) in [6.45, 7) is 4.54. The first-order chi connectivity index (χ1) is 7.74. The molecule has 0 spiro atoms. The minimum absolute atomic E-state index is 0. The smallest absolute Gasteiger partial charge is 0.548 e. The molecule has 0 heterocycles. The Morgan fingerprint density at radius 2 is 1.68 bits per heavy atom. The Morgan fingerprint density at radius 3 is 2.05 bits per heavy atom. The Hall–Kier alpha value is 1.23. The number of anilines is 1. The zero-order valence-corrected chi connectivity index (χ0v) is 18.1. The summed E-state index contributed by atoms with van der Waals surface area (Å²) in [5.41, 5.74) is -0.122. The van der Waals surface area contributed by atoms with Gasteiger partial charge in [-0.3, -0.25) is 0 Å². The number of carbonyl (C=O) groups is 2. The minimum atomic E-state index is -1.26. The van der Waals surface area contributed by atoms with Gasteiger partial charge in [-0.1, -0.05) is 6.07 Å². The van der Waals surface area contributed by atoms with E-state index in [9.17, 15) is 19.8 Å². The van der Waals surface area contributed by atoms with Crippen LogP contribution in [0.2, 0.25) is 0 Å². The maximum absolute atomic E-state index is 10.8. The van der Waals surface area contributed by atoms with Gasteiger partial charge in [0, 0.05) is 11.3 Å². The SMILES string of the molecule is Cc1cc(NC(C)(C)C(=O)[O-])ccc1C(=O)[O-].[K+].[K+]. The molecule has 0 radical (unpaired) electrons. The van der Waals surface area contributed by atoms with Gasteiger partial charge in [-0.05, 0) is 38.5 Å². The third-order valence-corrected chi connectivity index (χ3v) is 2.41. The maximum Gasteiger partial charge on any atom is 1.00 e. The number of rotatable bonds is 4. The zero-order chi connectivity index (χ0) is 13.2. The van der Waals surface area contributed by atoms with Crippen LogP contribution in [0.4, 0.5) is 5.69 Å². The average Bonchev–Trinajstić information content (AvgIpc) is 2.15. The van der Waals surface area contributed by atoms with E-state index < -0.39 is 17.5 Å². The van der Waals surface area contributed by atoms with Crippen molar-refractivity contribution < 1.29 is 123 Å². The molecular weight excluding hydrogens is 300 g/mol. The van der Waals surface area contributed by atoms with Crippen LogP contribution in [-0.4, -0.2) is 17.5 Å². The summed E-state index contributed by atoms with van der Waals surface area (Å²) in [7, 11) is 0. The topological polar surface area (TPSA) is 92.3 Å². The van der Waals surface area contributed by atoms with Gasteiger partial charge < -0.3 is 25.1 Å². The van der Waals surface area contributed by atoms with Crippen LogP contribution >= 0.6 is 0 Å². The summed E-state index contributed by atoms with van der Waals surface area (Å²) in [5.74, 6) is -2.49. The Bertz CT molecular complexity index is 475. The van der Waals surface area contributed by atoms with Gasteiger partial charge in [-0.2, -0.15) is 0 Å². The number of carboxylic acid groups (broad SMARTS) is 2. The van der Waals surface area contributed by atoms with E-state index in [-0.39, 0.29) is 108 Å². The first kappa shape index (κ1) is 22.5. The number of hydrogen-bond acceptors (Lipinski definition) is 5. The van der Waals surface area contributed by atoms with Gasteiger partial charge in [0.1, 0.15) is 0 Å². The molecule has 1 aromatic carbocycles. The summed E-state index contributed by atoms with van der Waals surface area (Å²) in [6.07, 6.45) is 0. The van der Waals surface area contributed by atoms with E-state index in [1.54, 1.807) is 13.0 Å². The van der Waals surface area contributed by atoms with Gasteiger partial charge in [-0.25, -0.2) is 0 Å². The molecule has 1 rings (SSSR count). The molecule has 5 nitrogen and oxygen atoms in total. The van der Waals surface area contributed by atoms with Crippen molar-refractivity contribution in [1.82, 2.24) is 0 Å². The molecule has 0 unspecified atom stereocenters. The standard InChI is InChI=1S/C12H15NO4.2K/c1-7-6-8(4-5-9(7)10(14)15)13-12(2,3)11(16)17;;/h4-6,13H,1-3H3,(H,14,15)(H,16,17);;/q;2*+1/p-2. The number of hydrogen-bond donors (Lipinski definition) is 1. The minimum Gasteiger partial charge on any atom is -0.548 e. The molecule has 0 atom stereocenters. The summed E-state index contributed by atoms with van der Waals surface area (Å²) >= 11 is 0. The Balaban J connectivity index is 0. The number of aryl methyl sites for hydroxylation is 1. The predicted molar refractivity (Wildman–Crippen MR) is 58.2 cm³/mol. The molecule has 92 valence electrons. The molecule has 19 heavy (non-hydrogen) atoms. The molecule has 1 N–H and O–H groups in total. The molecule has 0 aromatic heterocycles. The molecule has 0 aliphatic heterocycles. The molecule has 0 aliphatic rings. The fourth-order valence-corrected chi connectivity index (χ4v) is 1.38. The van der Waals surface area contributed by atoms with E-state index in [2.05, 4.69) is 5.32 Å². The van der Waals surface area contributed by atoms with Crippen LogP contribution in [0.1, 0.15) is 29.8 Å². The van der Waals surface area contributed by atoms with Crippen LogP contribution in [-0.2, 0) is 4.79 Å². The van der Waals surface area contributed by atoms with Crippen LogP contribution in [0.5, 0.6) is 0 Å². The quantitative estimate of drug-likeness (QED) is 0.558. The second-order valence-corrected chi connectivity index (χ2v) is 4.35. The predicted octanol–water partition coefficient (Wildman–Crippen LogP) is -6.69. The van der Waals surface area contributed by atoms with Crippen molar-refractivity contribution in [3.8, 4) is 0 Å². The molecule has 7 heteroatoms. The van der Waals surface area contributed by atoms with Gasteiger partial charge in [-0.15, -0.1) is 0 Å². The molecule has 0 bridgehead atoms. The molecule has 0 fully saturated rings. The van der Waals surface area contributed by atoms with Crippen molar-refractivity contribution in [2.45, 2.75) is 26.3 Å². The van der Waals surface area contributed by atoms with Crippen molar-refractivity contribution >= 4 is 17.6 Å². The normalized spacial score (nSPS) is 9.84. The first-order valence-electron chi connectivity index (χ1n) is 5.05. The van der Waals surface area contributed by atoms with Crippen molar-refractivity contribution in [2.24, 2.45) is 0 Å². The monoisotopic (exact) mass is 313 g/mol. The van der Waals surface area contributed by atoms with Gasteiger partial charge in [0.25, 0.3) is 0 Å². The fourth-order valence-electron chi connectivity index (χ4n) is 1.38. The van der Waals surface area contributed by atoms with E-state index in [0.29, 0.717) is 11.3 Å². The van der Waals surface area contributed by atoms with Crippen LogP contribution in [0.25, 0.3) is 0 Å². The molecule has 0 saturated carbocycles. The summed E-state index contributed by atoms with van der Waals surface area (Å²) in [6, 6.07) is 4.41. The van der Waals surface area contributed by atoms with Crippen LogP contribution < -0.4 is 118 Å².